The van der Waals surface area contributed by atoms with Gasteiger partial charge in [0.05, 0.1) is 5.54 Å². The van der Waals surface area contributed by atoms with Gasteiger partial charge in [0.25, 0.3) is 0 Å². The van der Waals surface area contributed by atoms with Gasteiger partial charge in [-0.3, -0.25) is 4.79 Å². The average Bonchev–Trinajstić information content (AvgIpc) is 2.14. The first-order valence-electron chi connectivity index (χ1n) is 5.77. The summed E-state index contributed by atoms with van der Waals surface area (Å²) in [5, 5.41) is 3.00. The van der Waals surface area contributed by atoms with Crippen molar-refractivity contribution in [3.63, 3.8) is 0 Å². The lowest BCUT2D eigenvalue weighted by Gasteiger charge is -2.33. The Morgan fingerprint density at radius 3 is 1.93 bits per heavy atom. The monoisotopic (exact) mass is 214 g/mol. The number of carbonyl (C=O) groups is 1. The maximum Gasteiger partial charge on any atom is 0.240 e. The van der Waals surface area contributed by atoms with E-state index in [1.807, 2.05) is 20.8 Å². The third-order valence-corrected chi connectivity index (χ3v) is 3.36. The standard InChI is InChI=1S/C12H26N2O/c1-7-12(13,8-2)10(15)14-9(3)11(4,5)6/h9H,7-8,13H2,1-6H3,(H,14,15). The van der Waals surface area contributed by atoms with Crippen molar-refractivity contribution in [2.75, 3.05) is 0 Å². The number of carbonyl (C=O) groups excluding carboxylic acids is 1. The summed E-state index contributed by atoms with van der Waals surface area (Å²) in [5.41, 5.74) is 5.38. The molecule has 0 radical (unpaired) electrons. The second-order valence-corrected chi connectivity index (χ2v) is 5.42. The number of amides is 1. The fraction of sp³-hybridized carbons (Fsp3) is 0.917. The van der Waals surface area contributed by atoms with E-state index in [0.717, 1.165) is 0 Å². The number of rotatable bonds is 4. The molecule has 0 aromatic rings. The molecular formula is C12H26N2O. The summed E-state index contributed by atoms with van der Waals surface area (Å²) in [7, 11) is 0. The van der Waals surface area contributed by atoms with Gasteiger partial charge in [-0.25, -0.2) is 0 Å². The Labute approximate surface area is 93.8 Å². The summed E-state index contributed by atoms with van der Waals surface area (Å²) in [5.74, 6) is -0.0325. The SMILES string of the molecule is CCC(N)(CC)C(=O)NC(C)C(C)(C)C. The number of hydrogen-bond acceptors (Lipinski definition) is 2. The highest BCUT2D eigenvalue weighted by Crippen LogP contribution is 2.20. The van der Waals surface area contributed by atoms with E-state index in [1.54, 1.807) is 0 Å². The summed E-state index contributed by atoms with van der Waals surface area (Å²) in [6, 6.07) is 0.131. The van der Waals surface area contributed by atoms with Crippen LogP contribution < -0.4 is 11.1 Å². The zero-order valence-electron chi connectivity index (χ0n) is 11.0. The Bertz CT molecular complexity index is 214. The van der Waals surface area contributed by atoms with Gasteiger partial charge in [-0.2, -0.15) is 0 Å². The van der Waals surface area contributed by atoms with Crippen molar-refractivity contribution < 1.29 is 4.79 Å². The van der Waals surface area contributed by atoms with Crippen molar-refractivity contribution in [1.29, 1.82) is 0 Å². The van der Waals surface area contributed by atoms with Crippen LogP contribution in [0.5, 0.6) is 0 Å². The Morgan fingerprint density at radius 1 is 1.27 bits per heavy atom. The van der Waals surface area contributed by atoms with Gasteiger partial charge in [-0.05, 0) is 25.2 Å². The van der Waals surface area contributed by atoms with Gasteiger partial charge in [-0.1, -0.05) is 34.6 Å². The number of nitrogens with two attached hydrogens (primary N) is 1. The van der Waals surface area contributed by atoms with Crippen molar-refractivity contribution >= 4 is 5.91 Å². The lowest BCUT2D eigenvalue weighted by molar-refractivity contribution is -0.128. The van der Waals surface area contributed by atoms with Gasteiger partial charge in [0.2, 0.25) is 5.91 Å². The smallest absolute Gasteiger partial charge is 0.240 e. The molecule has 1 amide bonds. The van der Waals surface area contributed by atoms with Crippen LogP contribution in [-0.4, -0.2) is 17.5 Å². The Morgan fingerprint density at radius 2 is 1.67 bits per heavy atom. The van der Waals surface area contributed by atoms with E-state index in [2.05, 4.69) is 26.1 Å². The van der Waals surface area contributed by atoms with E-state index < -0.39 is 5.54 Å². The van der Waals surface area contributed by atoms with Crippen molar-refractivity contribution in [2.24, 2.45) is 11.1 Å². The van der Waals surface area contributed by atoms with Crippen LogP contribution >= 0.6 is 0 Å². The molecule has 90 valence electrons. The molecule has 0 saturated heterocycles. The molecule has 0 spiro atoms. The van der Waals surface area contributed by atoms with Crippen LogP contribution in [0.25, 0.3) is 0 Å². The Kier molecular flexibility index (Phi) is 4.78. The predicted octanol–water partition coefficient (Wildman–Crippen LogP) is 2.05. The second-order valence-electron chi connectivity index (χ2n) is 5.42. The van der Waals surface area contributed by atoms with Crippen LogP contribution in [0.1, 0.15) is 54.4 Å². The highest BCUT2D eigenvalue weighted by molar-refractivity contribution is 5.86. The van der Waals surface area contributed by atoms with E-state index in [1.165, 1.54) is 0 Å². The molecule has 3 heteroatoms. The van der Waals surface area contributed by atoms with Crippen molar-refractivity contribution in [3.8, 4) is 0 Å². The molecular weight excluding hydrogens is 188 g/mol. The molecule has 1 atom stereocenters. The first kappa shape index (κ1) is 14.4. The van der Waals surface area contributed by atoms with Crippen molar-refractivity contribution in [2.45, 2.75) is 66.0 Å². The molecule has 0 rings (SSSR count). The zero-order chi connectivity index (χ0) is 12.3. The third-order valence-electron chi connectivity index (χ3n) is 3.36. The van der Waals surface area contributed by atoms with Gasteiger partial charge in [-0.15, -0.1) is 0 Å². The summed E-state index contributed by atoms with van der Waals surface area (Å²) in [4.78, 5) is 11.9. The fourth-order valence-electron chi connectivity index (χ4n) is 1.13. The zero-order valence-corrected chi connectivity index (χ0v) is 11.0. The highest BCUT2D eigenvalue weighted by atomic mass is 16.2. The lowest BCUT2D eigenvalue weighted by Crippen LogP contribution is -2.56. The summed E-state index contributed by atoms with van der Waals surface area (Å²) >= 11 is 0. The van der Waals surface area contributed by atoms with Crippen LogP contribution in [0.2, 0.25) is 0 Å². The summed E-state index contributed by atoms with van der Waals surface area (Å²) in [6.45, 7) is 12.2. The van der Waals surface area contributed by atoms with Gasteiger partial charge < -0.3 is 11.1 Å². The quantitative estimate of drug-likeness (QED) is 0.752. The van der Waals surface area contributed by atoms with E-state index in [4.69, 9.17) is 5.73 Å². The molecule has 0 saturated carbocycles. The molecule has 3 nitrogen and oxygen atoms in total. The molecule has 0 aliphatic carbocycles. The van der Waals surface area contributed by atoms with Crippen LogP contribution in [0.15, 0.2) is 0 Å². The maximum atomic E-state index is 11.9. The van der Waals surface area contributed by atoms with Gasteiger partial charge in [0.15, 0.2) is 0 Å². The van der Waals surface area contributed by atoms with E-state index in [9.17, 15) is 4.79 Å². The van der Waals surface area contributed by atoms with Crippen molar-refractivity contribution in [1.82, 2.24) is 5.32 Å². The van der Waals surface area contributed by atoms with E-state index >= 15 is 0 Å². The maximum absolute atomic E-state index is 11.9. The number of hydrogen-bond donors (Lipinski definition) is 2. The molecule has 0 aromatic heterocycles. The predicted molar refractivity (Wildman–Crippen MR) is 64.6 cm³/mol. The fourth-order valence-corrected chi connectivity index (χ4v) is 1.13. The van der Waals surface area contributed by atoms with Crippen LogP contribution in [0, 0.1) is 5.41 Å². The summed E-state index contributed by atoms with van der Waals surface area (Å²) in [6.07, 6.45) is 1.35. The lowest BCUT2D eigenvalue weighted by atomic mass is 9.86. The molecule has 0 bridgehead atoms. The van der Waals surface area contributed by atoms with Gasteiger partial charge in [0.1, 0.15) is 0 Å². The molecule has 0 aliphatic heterocycles. The first-order valence-corrected chi connectivity index (χ1v) is 5.77. The minimum absolute atomic E-state index is 0.0325. The molecule has 3 N–H and O–H groups in total. The summed E-state index contributed by atoms with van der Waals surface area (Å²) < 4.78 is 0. The van der Waals surface area contributed by atoms with E-state index in [0.29, 0.717) is 12.8 Å². The van der Waals surface area contributed by atoms with Crippen LogP contribution in [0.4, 0.5) is 0 Å². The topological polar surface area (TPSA) is 55.1 Å². The molecule has 1 unspecified atom stereocenters. The molecule has 15 heavy (non-hydrogen) atoms. The normalized spacial score (nSPS) is 14.9. The Hall–Kier alpha value is -0.570. The Balaban J connectivity index is 4.49. The molecule has 0 aromatic carbocycles. The number of nitrogens with one attached hydrogen (secondary N) is 1. The van der Waals surface area contributed by atoms with E-state index in [-0.39, 0.29) is 17.4 Å². The molecule has 0 fully saturated rings. The molecule has 0 aliphatic rings. The first-order chi connectivity index (χ1) is 6.67. The highest BCUT2D eigenvalue weighted by Gasteiger charge is 2.32. The third kappa shape index (κ3) is 3.82. The van der Waals surface area contributed by atoms with Crippen molar-refractivity contribution in [3.05, 3.63) is 0 Å². The van der Waals surface area contributed by atoms with Crippen LogP contribution in [0.3, 0.4) is 0 Å². The minimum Gasteiger partial charge on any atom is -0.352 e. The van der Waals surface area contributed by atoms with Crippen LogP contribution in [-0.2, 0) is 4.79 Å². The van der Waals surface area contributed by atoms with Gasteiger partial charge >= 0.3 is 0 Å². The second kappa shape index (κ2) is 4.97. The van der Waals surface area contributed by atoms with Gasteiger partial charge in [0, 0.05) is 6.04 Å². The average molecular weight is 214 g/mol. The minimum atomic E-state index is -0.709. The largest absolute Gasteiger partial charge is 0.352 e. The molecule has 0 heterocycles.